The largest absolute Gasteiger partial charge is 0.493 e. The van der Waals surface area contributed by atoms with Gasteiger partial charge in [0, 0.05) is 63.5 Å². The molecule has 5 rings (SSSR count). The Morgan fingerprint density at radius 3 is 1.60 bits per heavy atom. The quantitative estimate of drug-likeness (QED) is 0.229. The third-order valence-corrected chi connectivity index (χ3v) is 8.19. The number of benzene rings is 1. The number of aliphatic carboxylic acids is 3. The van der Waals surface area contributed by atoms with E-state index in [2.05, 4.69) is 0 Å². The van der Waals surface area contributed by atoms with Crippen molar-refractivity contribution in [2.75, 3.05) is 13.7 Å². The smallest absolute Gasteiger partial charge is 0.300 e. The van der Waals surface area contributed by atoms with Crippen LogP contribution in [0.25, 0.3) is 0 Å². The average Bonchev–Trinajstić information content (AvgIpc) is 2.98. The molecule has 4 aliphatic rings. The lowest BCUT2D eigenvalue weighted by molar-refractivity contribution is -0.277. The van der Waals surface area contributed by atoms with E-state index in [1.165, 1.54) is 7.11 Å². The second-order valence-corrected chi connectivity index (χ2v) is 14.4. The highest BCUT2D eigenvalue weighted by atomic mass is 16.7. The van der Waals surface area contributed by atoms with Crippen LogP contribution in [0, 0.1) is 10.8 Å². The average molecular weight is 739 g/mol. The van der Waals surface area contributed by atoms with Gasteiger partial charge in [-0.2, -0.15) is 0 Å². The Bertz CT molecular complexity index is 1480. The number of aliphatic hydroxyl groups is 4. The van der Waals surface area contributed by atoms with Crippen molar-refractivity contribution in [1.29, 1.82) is 0 Å². The van der Waals surface area contributed by atoms with Crippen LogP contribution in [0.1, 0.15) is 85.6 Å². The monoisotopic (exact) mass is 738 g/mol. The number of Topliss-reactive ketones (excluding diaryl/α,β-unsaturated/α-hetero) is 2. The van der Waals surface area contributed by atoms with Crippen LogP contribution in [0.5, 0.6) is 11.5 Å². The summed E-state index contributed by atoms with van der Waals surface area (Å²) in [7, 11) is 1.43. The zero-order valence-electron chi connectivity index (χ0n) is 30.5. The van der Waals surface area contributed by atoms with E-state index >= 15 is 0 Å². The molecule has 1 fully saturated rings. The first-order valence-corrected chi connectivity index (χ1v) is 16.4. The zero-order valence-corrected chi connectivity index (χ0v) is 30.5. The highest BCUT2D eigenvalue weighted by molar-refractivity contribution is 6.06. The molecule has 7 N–H and O–H groups in total. The Morgan fingerprint density at radius 1 is 0.750 bits per heavy atom. The molecule has 16 heteroatoms. The summed E-state index contributed by atoms with van der Waals surface area (Å²) in [6, 6.07) is 5.00. The van der Waals surface area contributed by atoms with Crippen molar-refractivity contribution in [3.63, 3.8) is 0 Å². The number of carboxylic acid groups (broad SMARTS) is 3. The van der Waals surface area contributed by atoms with Crippen LogP contribution >= 0.6 is 0 Å². The van der Waals surface area contributed by atoms with E-state index in [9.17, 15) is 30.0 Å². The van der Waals surface area contributed by atoms with Gasteiger partial charge in [0.1, 0.15) is 35.9 Å². The SMILES string of the molecule is CC(=O)O.CC(=O)O.CC(=O)O.COc1cc(C2C3=C(CC(C)(C)CC3=O)OC3=C2C(=O)CC(C)(C)C3)ccc1OC1OC(CO)[C@@H](O)[C@H](O)[C@@H]1O. The number of ketones is 2. The van der Waals surface area contributed by atoms with Gasteiger partial charge in [-0.25, -0.2) is 0 Å². The fourth-order valence-electron chi connectivity index (χ4n) is 6.26. The maximum atomic E-state index is 13.5. The Hall–Kier alpha value is -4.35. The van der Waals surface area contributed by atoms with Gasteiger partial charge in [-0.05, 0) is 28.5 Å². The molecule has 1 aromatic rings. The number of hydrogen-bond donors (Lipinski definition) is 7. The third-order valence-electron chi connectivity index (χ3n) is 8.19. The maximum Gasteiger partial charge on any atom is 0.300 e. The fourth-order valence-corrected chi connectivity index (χ4v) is 6.26. The summed E-state index contributed by atoms with van der Waals surface area (Å²) in [5.74, 6) is -1.61. The third kappa shape index (κ3) is 11.6. The zero-order chi connectivity index (χ0) is 39.9. The lowest BCUT2D eigenvalue weighted by atomic mass is 9.65. The first kappa shape index (κ1) is 43.8. The molecule has 0 amide bonds. The molecule has 0 aromatic heterocycles. The van der Waals surface area contributed by atoms with Crippen molar-refractivity contribution in [1.82, 2.24) is 0 Å². The number of rotatable bonds is 5. The van der Waals surface area contributed by atoms with Crippen LogP contribution in [-0.4, -0.2) is 110 Å². The molecular weight excluding hydrogens is 688 g/mol. The summed E-state index contributed by atoms with van der Waals surface area (Å²) >= 11 is 0. The molecule has 0 radical (unpaired) electrons. The summed E-state index contributed by atoms with van der Waals surface area (Å²) in [6.07, 6.45) is -5.41. The molecule has 2 aliphatic heterocycles. The predicted molar refractivity (Wildman–Crippen MR) is 181 cm³/mol. The van der Waals surface area contributed by atoms with E-state index in [-0.39, 0.29) is 33.9 Å². The second kappa shape index (κ2) is 17.9. The van der Waals surface area contributed by atoms with Crippen molar-refractivity contribution in [2.24, 2.45) is 10.8 Å². The Balaban J connectivity index is 0.000000681. The Labute approximate surface area is 301 Å². The van der Waals surface area contributed by atoms with Crippen LogP contribution in [0.4, 0.5) is 0 Å². The molecule has 0 spiro atoms. The number of allylic oxidation sites excluding steroid dienone is 4. The van der Waals surface area contributed by atoms with Gasteiger partial charge in [-0.1, -0.05) is 33.8 Å². The highest BCUT2D eigenvalue weighted by Gasteiger charge is 2.48. The number of ether oxygens (including phenoxy) is 4. The fraction of sp³-hybridized carbons (Fsp3) is 0.583. The normalized spacial score (nSPS) is 26.0. The van der Waals surface area contributed by atoms with Gasteiger partial charge in [-0.15, -0.1) is 0 Å². The summed E-state index contributed by atoms with van der Waals surface area (Å²) in [5.41, 5.74) is 1.11. The van der Waals surface area contributed by atoms with Gasteiger partial charge in [0.15, 0.2) is 23.1 Å². The molecule has 5 atom stereocenters. The highest BCUT2D eigenvalue weighted by Crippen LogP contribution is 2.54. The maximum absolute atomic E-state index is 13.5. The number of hydrogen-bond acceptors (Lipinski definition) is 13. The Kier molecular flexibility index (Phi) is 15.1. The number of carbonyl (C=O) groups is 5. The molecule has 0 saturated carbocycles. The summed E-state index contributed by atoms with van der Waals surface area (Å²) in [5, 5.41) is 62.4. The molecule has 2 heterocycles. The van der Waals surface area contributed by atoms with Gasteiger partial charge in [0.25, 0.3) is 17.9 Å². The lowest BCUT2D eigenvalue weighted by Gasteiger charge is -2.42. The molecule has 1 saturated heterocycles. The molecule has 2 unspecified atom stereocenters. The van der Waals surface area contributed by atoms with E-state index in [0.29, 0.717) is 53.9 Å². The van der Waals surface area contributed by atoms with Crippen molar-refractivity contribution in [3.05, 3.63) is 46.4 Å². The number of carbonyl (C=O) groups excluding carboxylic acids is 2. The second-order valence-electron chi connectivity index (χ2n) is 14.4. The minimum Gasteiger partial charge on any atom is -0.493 e. The summed E-state index contributed by atoms with van der Waals surface area (Å²) in [4.78, 5) is 54.1. The first-order valence-electron chi connectivity index (χ1n) is 16.4. The van der Waals surface area contributed by atoms with Gasteiger partial charge in [0.2, 0.25) is 6.29 Å². The minimum absolute atomic E-state index is 0.0546. The molecule has 2 aliphatic carbocycles. The van der Waals surface area contributed by atoms with Crippen molar-refractivity contribution in [3.8, 4) is 11.5 Å². The van der Waals surface area contributed by atoms with E-state index < -0.39 is 61.1 Å². The van der Waals surface area contributed by atoms with Crippen molar-refractivity contribution < 1.29 is 78.7 Å². The molecule has 1 aromatic carbocycles. The molecule has 52 heavy (non-hydrogen) atoms. The van der Waals surface area contributed by atoms with E-state index in [1.54, 1.807) is 18.2 Å². The van der Waals surface area contributed by atoms with Crippen LogP contribution in [-0.2, 0) is 33.4 Å². The molecule has 290 valence electrons. The van der Waals surface area contributed by atoms with Crippen LogP contribution in [0.2, 0.25) is 0 Å². The van der Waals surface area contributed by atoms with Crippen molar-refractivity contribution >= 4 is 29.5 Å². The molecule has 0 bridgehead atoms. The van der Waals surface area contributed by atoms with Crippen LogP contribution in [0.3, 0.4) is 0 Å². The van der Waals surface area contributed by atoms with Crippen molar-refractivity contribution in [2.45, 2.75) is 111 Å². The number of methoxy groups -OCH3 is 1. The predicted octanol–water partition coefficient (Wildman–Crippen LogP) is 2.55. The molecular formula is C36H50O16. The van der Waals surface area contributed by atoms with Crippen LogP contribution in [0.15, 0.2) is 40.9 Å². The molecule has 16 nitrogen and oxygen atoms in total. The standard InChI is InChI=1S/C30H38O10.3C2H4O2/c1-29(2)9-15(32)23-19(11-29)38-20-12-30(3,4)10-16(33)24(20)22(23)14-6-7-17(18(8-14)37-5)39-28-27(36)26(35)25(34)21(13-31)40-28;3*1-2(3)4/h6-8,21-22,25-28,31,34-36H,9-13H2,1-5H3;3*1H3,(H,3,4)/t21?,25-,26+,27+,28?;;;/m1.../s1. The number of aliphatic hydroxyl groups excluding tert-OH is 4. The first-order chi connectivity index (χ1) is 23.9. The minimum atomic E-state index is -1.60. The Morgan fingerprint density at radius 2 is 1.19 bits per heavy atom. The lowest BCUT2D eigenvalue weighted by Crippen LogP contribution is -2.60. The van der Waals surface area contributed by atoms with E-state index in [0.717, 1.165) is 20.8 Å². The van der Waals surface area contributed by atoms with Gasteiger partial charge < -0.3 is 54.7 Å². The van der Waals surface area contributed by atoms with Gasteiger partial charge in [-0.3, -0.25) is 24.0 Å². The van der Waals surface area contributed by atoms with E-state index in [4.69, 9.17) is 48.7 Å². The van der Waals surface area contributed by atoms with E-state index in [1.807, 2.05) is 27.7 Å². The summed E-state index contributed by atoms with van der Waals surface area (Å²) < 4.78 is 23.2. The number of carboxylic acids is 3. The van der Waals surface area contributed by atoms with Gasteiger partial charge >= 0.3 is 0 Å². The topological polar surface area (TPSA) is 264 Å². The van der Waals surface area contributed by atoms with Gasteiger partial charge in [0.05, 0.1) is 13.7 Å². The summed E-state index contributed by atoms with van der Waals surface area (Å²) in [6.45, 7) is 10.8. The van der Waals surface area contributed by atoms with Crippen LogP contribution < -0.4 is 9.47 Å².